The molecule has 164 valence electrons. The molecule has 2 rings (SSSR count). The lowest BCUT2D eigenvalue weighted by Gasteiger charge is -2.33. The second-order valence-electron chi connectivity index (χ2n) is 8.40. The van der Waals surface area contributed by atoms with Gasteiger partial charge in [0.1, 0.15) is 29.1 Å². The predicted octanol–water partition coefficient (Wildman–Crippen LogP) is 3.59. The molecule has 8 heteroatoms. The Hall–Kier alpha value is -2.90. The van der Waals surface area contributed by atoms with Crippen LogP contribution < -0.4 is 5.32 Å². The van der Waals surface area contributed by atoms with Crippen LogP contribution in [0.15, 0.2) is 41.7 Å². The summed E-state index contributed by atoms with van der Waals surface area (Å²) in [7, 11) is 3.02. The van der Waals surface area contributed by atoms with Crippen LogP contribution in [0.2, 0.25) is 0 Å². The van der Waals surface area contributed by atoms with Crippen LogP contribution in [-0.4, -0.2) is 54.1 Å². The predicted molar refractivity (Wildman–Crippen MR) is 110 cm³/mol. The van der Waals surface area contributed by atoms with Crippen LogP contribution in [0.1, 0.15) is 33.3 Å². The average molecular weight is 421 g/mol. The molecular weight excluding hydrogens is 392 g/mol. The SMILES string of the molecule is CC1=CC=C(N(C)C(=O)C(Cc2cc(F)cc(F)c2)N(C)C(=O)OC(C)(C)C)NC1. The molecule has 1 aromatic rings. The van der Waals surface area contributed by atoms with Gasteiger partial charge in [-0.1, -0.05) is 11.6 Å². The first-order valence-corrected chi connectivity index (χ1v) is 9.67. The molecule has 1 aromatic carbocycles. The van der Waals surface area contributed by atoms with Gasteiger partial charge >= 0.3 is 6.09 Å². The fourth-order valence-corrected chi connectivity index (χ4v) is 2.94. The fourth-order valence-electron chi connectivity index (χ4n) is 2.94. The van der Waals surface area contributed by atoms with E-state index in [9.17, 15) is 18.4 Å². The molecule has 0 saturated carbocycles. The second kappa shape index (κ2) is 9.28. The minimum absolute atomic E-state index is 0.0737. The smallest absolute Gasteiger partial charge is 0.410 e. The number of rotatable bonds is 5. The number of carbonyl (C=O) groups is 2. The van der Waals surface area contributed by atoms with Crippen molar-refractivity contribution in [3.05, 3.63) is 58.9 Å². The average Bonchev–Trinajstić information content (AvgIpc) is 2.63. The molecule has 1 aliphatic heterocycles. The zero-order valence-corrected chi connectivity index (χ0v) is 18.3. The van der Waals surface area contributed by atoms with Crippen LogP contribution in [0.4, 0.5) is 13.6 Å². The highest BCUT2D eigenvalue weighted by molar-refractivity contribution is 5.87. The van der Waals surface area contributed by atoms with Crippen LogP contribution >= 0.6 is 0 Å². The van der Waals surface area contributed by atoms with Crippen molar-refractivity contribution in [2.75, 3.05) is 20.6 Å². The number of carbonyl (C=O) groups excluding carboxylic acids is 2. The first-order valence-electron chi connectivity index (χ1n) is 9.67. The minimum Gasteiger partial charge on any atom is -0.444 e. The van der Waals surface area contributed by atoms with Gasteiger partial charge < -0.3 is 10.1 Å². The maximum absolute atomic E-state index is 13.7. The lowest BCUT2D eigenvalue weighted by molar-refractivity contribution is -0.133. The summed E-state index contributed by atoms with van der Waals surface area (Å²) < 4.78 is 32.7. The van der Waals surface area contributed by atoms with Crippen molar-refractivity contribution in [1.82, 2.24) is 15.1 Å². The number of likely N-dealkylation sites (N-methyl/N-ethyl adjacent to an activating group) is 2. The number of dihydropyridines is 1. The quantitative estimate of drug-likeness (QED) is 0.789. The molecule has 1 aliphatic rings. The Labute approximate surface area is 176 Å². The van der Waals surface area contributed by atoms with E-state index in [1.807, 2.05) is 13.0 Å². The van der Waals surface area contributed by atoms with Gasteiger partial charge in [0.25, 0.3) is 5.91 Å². The van der Waals surface area contributed by atoms with Gasteiger partial charge in [0, 0.05) is 33.1 Å². The maximum Gasteiger partial charge on any atom is 0.410 e. The summed E-state index contributed by atoms with van der Waals surface area (Å²) in [5.41, 5.74) is 0.610. The van der Waals surface area contributed by atoms with Gasteiger partial charge in [-0.15, -0.1) is 0 Å². The van der Waals surface area contributed by atoms with Crippen molar-refractivity contribution in [2.24, 2.45) is 0 Å². The van der Waals surface area contributed by atoms with Crippen LogP contribution in [0.25, 0.3) is 0 Å². The first-order chi connectivity index (χ1) is 13.9. The van der Waals surface area contributed by atoms with Crippen LogP contribution in [0.3, 0.4) is 0 Å². The molecule has 0 bridgehead atoms. The molecule has 0 radical (unpaired) electrons. The van der Waals surface area contributed by atoms with Gasteiger partial charge in [-0.2, -0.15) is 0 Å². The molecule has 1 heterocycles. The lowest BCUT2D eigenvalue weighted by atomic mass is 10.0. The normalized spacial score (nSPS) is 14.8. The van der Waals surface area contributed by atoms with Crippen molar-refractivity contribution in [3.63, 3.8) is 0 Å². The number of nitrogens with one attached hydrogen (secondary N) is 1. The Morgan fingerprint density at radius 3 is 2.23 bits per heavy atom. The molecule has 1 N–H and O–H groups in total. The topological polar surface area (TPSA) is 61.9 Å². The molecule has 0 aliphatic carbocycles. The number of halogens is 2. The van der Waals surface area contributed by atoms with E-state index < -0.39 is 35.3 Å². The first kappa shape index (κ1) is 23.4. The van der Waals surface area contributed by atoms with Gasteiger partial charge in [-0.05, 0) is 51.5 Å². The summed E-state index contributed by atoms with van der Waals surface area (Å²) in [5.74, 6) is -1.35. The number of ether oxygens (including phenoxy) is 1. The highest BCUT2D eigenvalue weighted by atomic mass is 19.1. The van der Waals surface area contributed by atoms with E-state index in [1.54, 1.807) is 33.9 Å². The summed E-state index contributed by atoms with van der Waals surface area (Å²) in [4.78, 5) is 28.5. The van der Waals surface area contributed by atoms with Gasteiger partial charge in [0.05, 0.1) is 0 Å². The molecule has 2 amide bonds. The monoisotopic (exact) mass is 421 g/mol. The Balaban J connectivity index is 2.34. The van der Waals surface area contributed by atoms with E-state index in [-0.39, 0.29) is 12.0 Å². The van der Waals surface area contributed by atoms with Crippen molar-refractivity contribution < 1.29 is 23.1 Å². The highest BCUT2D eigenvalue weighted by Crippen LogP contribution is 2.18. The van der Waals surface area contributed by atoms with Gasteiger partial charge in [-0.3, -0.25) is 14.6 Å². The Kier molecular flexibility index (Phi) is 7.23. The van der Waals surface area contributed by atoms with Gasteiger partial charge in [0.2, 0.25) is 0 Å². The molecule has 0 saturated heterocycles. The Bertz CT molecular complexity index is 855. The van der Waals surface area contributed by atoms with E-state index in [1.165, 1.54) is 11.9 Å². The summed E-state index contributed by atoms with van der Waals surface area (Å²) >= 11 is 0. The van der Waals surface area contributed by atoms with E-state index >= 15 is 0 Å². The van der Waals surface area contributed by atoms with Crippen molar-refractivity contribution >= 4 is 12.0 Å². The standard InChI is InChI=1S/C22H29F2N3O3/c1-14-7-8-19(25-13-14)27(6)20(28)18(26(5)21(29)30-22(2,3)4)11-15-9-16(23)12-17(24)10-15/h7-10,12,18,25H,11,13H2,1-6H3. The summed E-state index contributed by atoms with van der Waals surface area (Å²) in [5, 5.41) is 3.14. The molecule has 0 spiro atoms. The largest absolute Gasteiger partial charge is 0.444 e. The second-order valence-corrected chi connectivity index (χ2v) is 8.40. The molecule has 1 atom stereocenters. The summed E-state index contributed by atoms with van der Waals surface area (Å²) in [6, 6.07) is 2.03. The van der Waals surface area contributed by atoms with Crippen molar-refractivity contribution in [3.8, 4) is 0 Å². The molecule has 30 heavy (non-hydrogen) atoms. The van der Waals surface area contributed by atoms with E-state index in [0.29, 0.717) is 12.4 Å². The molecule has 6 nitrogen and oxygen atoms in total. The van der Waals surface area contributed by atoms with Crippen LogP contribution in [0.5, 0.6) is 0 Å². The lowest BCUT2D eigenvalue weighted by Crippen LogP contribution is -2.51. The van der Waals surface area contributed by atoms with Crippen LogP contribution in [-0.2, 0) is 16.0 Å². The molecule has 1 unspecified atom stereocenters. The van der Waals surface area contributed by atoms with Gasteiger partial charge in [0.15, 0.2) is 0 Å². The number of hydrogen-bond acceptors (Lipinski definition) is 4. The number of benzene rings is 1. The molecular formula is C22H29F2N3O3. The zero-order chi connectivity index (χ0) is 22.6. The third-order valence-corrected chi connectivity index (χ3v) is 4.55. The third kappa shape index (κ3) is 6.30. The molecule has 0 aromatic heterocycles. The maximum atomic E-state index is 13.7. The van der Waals surface area contributed by atoms with Crippen molar-refractivity contribution in [1.29, 1.82) is 0 Å². The zero-order valence-electron chi connectivity index (χ0n) is 18.3. The Morgan fingerprint density at radius 2 is 1.73 bits per heavy atom. The van der Waals surface area contributed by atoms with Gasteiger partial charge in [-0.25, -0.2) is 13.6 Å². The number of hydrogen-bond donors (Lipinski definition) is 1. The van der Waals surface area contributed by atoms with E-state index in [0.717, 1.165) is 28.7 Å². The number of allylic oxidation sites excluding steroid dienone is 2. The van der Waals surface area contributed by atoms with E-state index in [4.69, 9.17) is 4.74 Å². The van der Waals surface area contributed by atoms with Crippen LogP contribution in [0, 0.1) is 11.6 Å². The number of nitrogens with zero attached hydrogens (tertiary/aromatic N) is 2. The third-order valence-electron chi connectivity index (χ3n) is 4.55. The van der Waals surface area contributed by atoms with Crippen molar-refractivity contribution in [2.45, 2.75) is 45.8 Å². The summed E-state index contributed by atoms with van der Waals surface area (Å²) in [6.45, 7) is 7.70. The number of amides is 2. The highest BCUT2D eigenvalue weighted by Gasteiger charge is 2.33. The molecule has 0 fully saturated rings. The van der Waals surface area contributed by atoms with E-state index in [2.05, 4.69) is 5.32 Å². The Morgan fingerprint density at radius 1 is 1.13 bits per heavy atom. The minimum atomic E-state index is -1.03. The summed E-state index contributed by atoms with van der Waals surface area (Å²) in [6.07, 6.45) is 2.88. The fraction of sp³-hybridized carbons (Fsp3) is 0.455.